The molecule has 0 unspecified atom stereocenters. The minimum atomic E-state index is 0.777. The molecule has 0 fully saturated rings. The van der Waals surface area contributed by atoms with Gasteiger partial charge in [0.15, 0.2) is 0 Å². The first-order valence-corrected chi connectivity index (χ1v) is 6.58. The summed E-state index contributed by atoms with van der Waals surface area (Å²) in [7, 11) is 0. The smallest absolute Gasteiger partial charge is 0.0488 e. The van der Waals surface area contributed by atoms with Crippen molar-refractivity contribution in [2.75, 3.05) is 6.54 Å². The molecule has 3 heteroatoms. The Morgan fingerprint density at radius 1 is 1.28 bits per heavy atom. The quantitative estimate of drug-likeness (QED) is 0.825. The Morgan fingerprint density at radius 2 is 2.17 bits per heavy atom. The van der Waals surface area contributed by atoms with E-state index in [1.165, 1.54) is 5.56 Å². The van der Waals surface area contributed by atoms with E-state index < -0.39 is 0 Å². The summed E-state index contributed by atoms with van der Waals surface area (Å²) >= 11 is 6.32. The molecule has 2 aromatic rings. The topological polar surface area (TPSA) is 24.9 Å². The molecule has 2 nitrogen and oxygen atoms in total. The Bertz CT molecular complexity index is 497. The standard InChI is InChI=1S/C15H17ClN2/c1-2-7-17-10-12-5-6-14(15(16)9-12)13-4-3-8-18-11-13/h3-6,8-9,11,17H,2,7,10H2,1H3. The normalized spacial score (nSPS) is 10.6. The van der Waals surface area contributed by atoms with Gasteiger partial charge in [0.1, 0.15) is 0 Å². The zero-order chi connectivity index (χ0) is 12.8. The Labute approximate surface area is 113 Å². The molecule has 0 atom stereocenters. The fourth-order valence-electron chi connectivity index (χ4n) is 1.83. The van der Waals surface area contributed by atoms with Crippen molar-refractivity contribution in [3.63, 3.8) is 0 Å². The molecule has 0 aliphatic carbocycles. The van der Waals surface area contributed by atoms with E-state index in [0.717, 1.165) is 35.7 Å². The van der Waals surface area contributed by atoms with Gasteiger partial charge in [0.05, 0.1) is 0 Å². The van der Waals surface area contributed by atoms with Crippen LogP contribution in [-0.2, 0) is 6.54 Å². The van der Waals surface area contributed by atoms with E-state index in [4.69, 9.17) is 11.6 Å². The second kappa shape index (κ2) is 6.53. The summed E-state index contributed by atoms with van der Waals surface area (Å²) in [5.74, 6) is 0. The summed E-state index contributed by atoms with van der Waals surface area (Å²) < 4.78 is 0. The number of hydrogen-bond acceptors (Lipinski definition) is 2. The summed E-state index contributed by atoms with van der Waals surface area (Å²) in [5.41, 5.74) is 3.29. The highest BCUT2D eigenvalue weighted by Gasteiger charge is 2.04. The molecule has 0 aliphatic heterocycles. The Morgan fingerprint density at radius 3 is 2.83 bits per heavy atom. The molecule has 18 heavy (non-hydrogen) atoms. The maximum absolute atomic E-state index is 6.32. The number of halogens is 1. The van der Waals surface area contributed by atoms with E-state index in [9.17, 15) is 0 Å². The summed E-state index contributed by atoms with van der Waals surface area (Å²) in [6.07, 6.45) is 4.73. The zero-order valence-corrected chi connectivity index (χ0v) is 11.2. The van der Waals surface area contributed by atoms with Crippen molar-refractivity contribution in [1.29, 1.82) is 0 Å². The van der Waals surface area contributed by atoms with Crippen molar-refractivity contribution < 1.29 is 0 Å². The summed E-state index contributed by atoms with van der Waals surface area (Å²) in [6.45, 7) is 4.05. The van der Waals surface area contributed by atoms with Crippen molar-refractivity contribution in [3.05, 3.63) is 53.3 Å². The summed E-state index contributed by atoms with van der Waals surface area (Å²) in [4.78, 5) is 4.11. The van der Waals surface area contributed by atoms with E-state index in [1.807, 2.05) is 24.4 Å². The maximum Gasteiger partial charge on any atom is 0.0488 e. The van der Waals surface area contributed by atoms with Gasteiger partial charge < -0.3 is 5.32 Å². The highest BCUT2D eigenvalue weighted by Crippen LogP contribution is 2.27. The minimum absolute atomic E-state index is 0.777. The third-order valence-electron chi connectivity index (χ3n) is 2.76. The van der Waals surface area contributed by atoms with Gasteiger partial charge in [-0.3, -0.25) is 4.98 Å². The number of nitrogens with zero attached hydrogens (tertiary/aromatic N) is 1. The lowest BCUT2D eigenvalue weighted by molar-refractivity contribution is 0.675. The molecule has 1 heterocycles. The minimum Gasteiger partial charge on any atom is -0.313 e. The van der Waals surface area contributed by atoms with E-state index >= 15 is 0 Å². The summed E-state index contributed by atoms with van der Waals surface area (Å²) in [6, 6.07) is 10.1. The van der Waals surface area contributed by atoms with Crippen LogP contribution in [0.4, 0.5) is 0 Å². The first-order chi connectivity index (χ1) is 8.81. The zero-order valence-electron chi connectivity index (χ0n) is 10.5. The maximum atomic E-state index is 6.32. The highest BCUT2D eigenvalue weighted by molar-refractivity contribution is 6.33. The third-order valence-corrected chi connectivity index (χ3v) is 3.07. The van der Waals surface area contributed by atoms with Gasteiger partial charge in [-0.1, -0.05) is 36.7 Å². The molecule has 1 N–H and O–H groups in total. The Balaban J connectivity index is 2.15. The van der Waals surface area contributed by atoms with Crippen LogP contribution in [0.25, 0.3) is 11.1 Å². The van der Waals surface area contributed by atoms with Crippen LogP contribution in [0.2, 0.25) is 5.02 Å². The fraction of sp³-hybridized carbons (Fsp3) is 0.267. The van der Waals surface area contributed by atoms with E-state index in [1.54, 1.807) is 6.20 Å². The van der Waals surface area contributed by atoms with Gasteiger partial charge in [0, 0.05) is 35.1 Å². The molecule has 1 aromatic heterocycles. The van der Waals surface area contributed by atoms with Crippen LogP contribution in [0.3, 0.4) is 0 Å². The van der Waals surface area contributed by atoms with Gasteiger partial charge in [-0.05, 0) is 30.7 Å². The second-order valence-corrected chi connectivity index (χ2v) is 4.64. The number of aromatic nitrogens is 1. The predicted octanol–water partition coefficient (Wildman–Crippen LogP) is 3.90. The highest BCUT2D eigenvalue weighted by atomic mass is 35.5. The molecule has 1 aromatic carbocycles. The molecule has 2 rings (SSSR count). The molecule has 0 bridgehead atoms. The average Bonchev–Trinajstić information content (AvgIpc) is 2.40. The van der Waals surface area contributed by atoms with Crippen LogP contribution < -0.4 is 5.32 Å². The Hall–Kier alpha value is -1.38. The average molecular weight is 261 g/mol. The van der Waals surface area contributed by atoms with E-state index in [0.29, 0.717) is 0 Å². The van der Waals surface area contributed by atoms with Gasteiger partial charge in [-0.25, -0.2) is 0 Å². The monoisotopic (exact) mass is 260 g/mol. The van der Waals surface area contributed by atoms with Crippen molar-refractivity contribution in [3.8, 4) is 11.1 Å². The fourth-order valence-corrected chi connectivity index (χ4v) is 2.15. The van der Waals surface area contributed by atoms with E-state index in [-0.39, 0.29) is 0 Å². The lowest BCUT2D eigenvalue weighted by Crippen LogP contribution is -2.13. The van der Waals surface area contributed by atoms with Gasteiger partial charge in [-0.15, -0.1) is 0 Å². The molecule has 0 spiro atoms. The predicted molar refractivity (Wildman–Crippen MR) is 76.7 cm³/mol. The number of pyridine rings is 1. The van der Waals surface area contributed by atoms with Crippen LogP contribution in [-0.4, -0.2) is 11.5 Å². The largest absolute Gasteiger partial charge is 0.313 e. The van der Waals surface area contributed by atoms with Crippen molar-refractivity contribution in [2.45, 2.75) is 19.9 Å². The number of nitrogens with one attached hydrogen (secondary N) is 1. The third kappa shape index (κ3) is 3.31. The lowest BCUT2D eigenvalue weighted by atomic mass is 10.1. The molecular formula is C15H17ClN2. The van der Waals surface area contributed by atoms with Gasteiger partial charge in [0.25, 0.3) is 0 Å². The molecule has 0 radical (unpaired) electrons. The van der Waals surface area contributed by atoms with Crippen LogP contribution in [0.1, 0.15) is 18.9 Å². The lowest BCUT2D eigenvalue weighted by Gasteiger charge is -2.08. The molecule has 94 valence electrons. The van der Waals surface area contributed by atoms with Crippen LogP contribution in [0, 0.1) is 0 Å². The molecule has 0 saturated heterocycles. The molecule has 0 amide bonds. The number of hydrogen-bond donors (Lipinski definition) is 1. The first kappa shape index (κ1) is 13.1. The van der Waals surface area contributed by atoms with Gasteiger partial charge >= 0.3 is 0 Å². The van der Waals surface area contributed by atoms with Crippen LogP contribution >= 0.6 is 11.6 Å². The van der Waals surface area contributed by atoms with Crippen LogP contribution in [0.5, 0.6) is 0 Å². The molecule has 0 aliphatic rings. The van der Waals surface area contributed by atoms with Crippen LogP contribution in [0.15, 0.2) is 42.7 Å². The Kier molecular flexibility index (Phi) is 4.73. The van der Waals surface area contributed by atoms with Crippen molar-refractivity contribution in [1.82, 2.24) is 10.3 Å². The SMILES string of the molecule is CCCNCc1ccc(-c2cccnc2)c(Cl)c1. The van der Waals surface area contributed by atoms with Crippen molar-refractivity contribution >= 4 is 11.6 Å². The number of benzene rings is 1. The molecule has 0 saturated carbocycles. The second-order valence-electron chi connectivity index (χ2n) is 4.23. The first-order valence-electron chi connectivity index (χ1n) is 6.21. The molecular weight excluding hydrogens is 244 g/mol. The number of rotatable bonds is 5. The summed E-state index contributed by atoms with van der Waals surface area (Å²) in [5, 5.41) is 4.14. The van der Waals surface area contributed by atoms with E-state index in [2.05, 4.69) is 29.4 Å². The van der Waals surface area contributed by atoms with Gasteiger partial charge in [0.2, 0.25) is 0 Å². The van der Waals surface area contributed by atoms with Gasteiger partial charge in [-0.2, -0.15) is 0 Å². The van der Waals surface area contributed by atoms with Crippen molar-refractivity contribution in [2.24, 2.45) is 0 Å².